The van der Waals surface area contributed by atoms with Crippen LogP contribution < -0.4 is 10.1 Å². The molecule has 25 heavy (non-hydrogen) atoms. The summed E-state index contributed by atoms with van der Waals surface area (Å²) < 4.78 is 18.6. The molecule has 3 aliphatic heterocycles. The van der Waals surface area contributed by atoms with E-state index in [4.69, 9.17) is 4.74 Å². The van der Waals surface area contributed by atoms with Gasteiger partial charge in [0, 0.05) is 51.5 Å². The van der Waals surface area contributed by atoms with Crippen LogP contribution in [0.5, 0.6) is 5.88 Å². The number of hydrogen-bond donors (Lipinski definition) is 1. The van der Waals surface area contributed by atoms with E-state index in [1.807, 2.05) is 4.90 Å². The standard InChI is InChI=1S/C17H21FN4O3/c18-12-1-2-15(19-9-12)25-13-4-7-21(8-5-13)16(24)22-10-17(11-22)6-3-14(23)20-17/h1-2,9,13H,3-8,10-11H2,(H,20,23). The molecule has 0 bridgehead atoms. The number of amides is 3. The predicted octanol–water partition coefficient (Wildman–Crippen LogP) is 1.15. The van der Waals surface area contributed by atoms with Gasteiger partial charge in [-0.05, 0) is 12.5 Å². The normalized spacial score (nSPS) is 22.7. The Labute approximate surface area is 145 Å². The van der Waals surface area contributed by atoms with E-state index in [1.165, 1.54) is 12.1 Å². The molecular formula is C17H21FN4O3. The number of carbonyl (C=O) groups is 2. The molecule has 1 aromatic rings. The highest BCUT2D eigenvalue weighted by Crippen LogP contribution is 2.31. The Hall–Kier alpha value is -2.38. The van der Waals surface area contributed by atoms with Crippen molar-refractivity contribution < 1.29 is 18.7 Å². The van der Waals surface area contributed by atoms with Gasteiger partial charge in [-0.3, -0.25) is 4.79 Å². The Kier molecular flexibility index (Phi) is 3.97. The Morgan fingerprint density at radius 2 is 2.04 bits per heavy atom. The van der Waals surface area contributed by atoms with Crippen LogP contribution in [0.2, 0.25) is 0 Å². The molecule has 0 atom stereocenters. The van der Waals surface area contributed by atoms with Crippen LogP contribution in [0.1, 0.15) is 25.7 Å². The average Bonchev–Trinajstić information content (AvgIpc) is 2.98. The average molecular weight is 348 g/mol. The van der Waals surface area contributed by atoms with Crippen molar-refractivity contribution in [2.24, 2.45) is 0 Å². The SMILES string of the molecule is O=C1CCC2(CN(C(=O)N3CCC(Oc4ccc(F)cn4)CC3)C2)N1. The zero-order chi connectivity index (χ0) is 17.4. The van der Waals surface area contributed by atoms with E-state index >= 15 is 0 Å². The minimum atomic E-state index is -0.390. The molecule has 0 aliphatic carbocycles. The smallest absolute Gasteiger partial charge is 0.320 e. The molecule has 7 nitrogen and oxygen atoms in total. The number of aromatic nitrogens is 1. The largest absolute Gasteiger partial charge is 0.474 e. The highest BCUT2D eigenvalue weighted by atomic mass is 19.1. The summed E-state index contributed by atoms with van der Waals surface area (Å²) in [5.41, 5.74) is -0.178. The molecule has 3 fully saturated rings. The summed E-state index contributed by atoms with van der Waals surface area (Å²) in [6.45, 7) is 2.46. The van der Waals surface area contributed by atoms with Gasteiger partial charge in [-0.1, -0.05) is 0 Å². The Balaban J connectivity index is 1.24. The van der Waals surface area contributed by atoms with Gasteiger partial charge in [0.05, 0.1) is 11.7 Å². The summed E-state index contributed by atoms with van der Waals surface area (Å²) in [5.74, 6) is 0.103. The van der Waals surface area contributed by atoms with Gasteiger partial charge in [-0.25, -0.2) is 14.2 Å². The highest BCUT2D eigenvalue weighted by molar-refractivity contribution is 5.82. The van der Waals surface area contributed by atoms with Gasteiger partial charge in [0.2, 0.25) is 11.8 Å². The van der Waals surface area contributed by atoms with E-state index in [2.05, 4.69) is 10.3 Å². The summed E-state index contributed by atoms with van der Waals surface area (Å²) in [6.07, 6.45) is 3.94. The van der Waals surface area contributed by atoms with Gasteiger partial charge in [0.15, 0.2) is 0 Å². The summed E-state index contributed by atoms with van der Waals surface area (Å²) in [6, 6.07) is 2.87. The maximum Gasteiger partial charge on any atom is 0.320 e. The second-order valence-corrected chi connectivity index (χ2v) is 7.09. The zero-order valence-electron chi connectivity index (χ0n) is 13.9. The number of pyridine rings is 1. The predicted molar refractivity (Wildman–Crippen MR) is 86.5 cm³/mol. The third kappa shape index (κ3) is 3.25. The van der Waals surface area contributed by atoms with Gasteiger partial charge in [0.25, 0.3) is 0 Å². The van der Waals surface area contributed by atoms with Crippen molar-refractivity contribution in [3.8, 4) is 5.88 Å². The molecule has 3 aliphatic rings. The molecule has 1 spiro atoms. The van der Waals surface area contributed by atoms with Gasteiger partial charge in [-0.15, -0.1) is 0 Å². The summed E-state index contributed by atoms with van der Waals surface area (Å²) in [4.78, 5) is 31.5. The number of nitrogens with one attached hydrogen (secondary N) is 1. The summed E-state index contributed by atoms with van der Waals surface area (Å²) in [5, 5.41) is 2.99. The van der Waals surface area contributed by atoms with Crippen molar-refractivity contribution in [2.45, 2.75) is 37.3 Å². The number of carbonyl (C=O) groups excluding carboxylic acids is 2. The second-order valence-electron chi connectivity index (χ2n) is 7.09. The molecule has 0 aromatic carbocycles. The van der Waals surface area contributed by atoms with Crippen molar-refractivity contribution in [3.05, 3.63) is 24.1 Å². The van der Waals surface area contributed by atoms with Crippen molar-refractivity contribution in [3.63, 3.8) is 0 Å². The Morgan fingerprint density at radius 3 is 2.64 bits per heavy atom. The number of urea groups is 1. The lowest BCUT2D eigenvalue weighted by Crippen LogP contribution is -2.70. The number of hydrogen-bond acceptors (Lipinski definition) is 4. The van der Waals surface area contributed by atoms with Crippen LogP contribution in [-0.4, -0.2) is 64.5 Å². The van der Waals surface area contributed by atoms with Gasteiger partial charge in [-0.2, -0.15) is 0 Å². The van der Waals surface area contributed by atoms with Gasteiger partial charge in [0.1, 0.15) is 11.9 Å². The Bertz CT molecular complexity index is 667. The van der Waals surface area contributed by atoms with Crippen LogP contribution >= 0.6 is 0 Å². The fourth-order valence-corrected chi connectivity index (χ4v) is 3.80. The molecule has 0 unspecified atom stereocenters. The molecule has 0 radical (unpaired) electrons. The maximum absolute atomic E-state index is 12.9. The number of rotatable bonds is 2. The maximum atomic E-state index is 12.9. The first-order valence-electron chi connectivity index (χ1n) is 8.66. The molecule has 134 valence electrons. The number of piperidine rings is 1. The lowest BCUT2D eigenvalue weighted by molar-refractivity contribution is -0.120. The fourth-order valence-electron chi connectivity index (χ4n) is 3.80. The number of likely N-dealkylation sites (tertiary alicyclic amines) is 2. The van der Waals surface area contributed by atoms with E-state index in [9.17, 15) is 14.0 Å². The second kappa shape index (κ2) is 6.16. The molecule has 4 heterocycles. The highest BCUT2D eigenvalue weighted by Gasteiger charge is 2.50. The van der Waals surface area contributed by atoms with Crippen molar-refractivity contribution in [1.82, 2.24) is 20.1 Å². The van der Waals surface area contributed by atoms with Gasteiger partial charge >= 0.3 is 6.03 Å². The van der Waals surface area contributed by atoms with Crippen LogP contribution in [0.3, 0.4) is 0 Å². The minimum Gasteiger partial charge on any atom is -0.474 e. The fraction of sp³-hybridized carbons (Fsp3) is 0.588. The van der Waals surface area contributed by atoms with Crippen LogP contribution in [-0.2, 0) is 4.79 Å². The molecular weight excluding hydrogens is 327 g/mol. The topological polar surface area (TPSA) is 74.8 Å². The molecule has 0 saturated carbocycles. The van der Waals surface area contributed by atoms with Crippen molar-refractivity contribution in [1.29, 1.82) is 0 Å². The van der Waals surface area contributed by atoms with Crippen molar-refractivity contribution in [2.75, 3.05) is 26.2 Å². The van der Waals surface area contributed by atoms with E-state index in [0.29, 0.717) is 38.5 Å². The number of nitrogens with zero attached hydrogens (tertiary/aromatic N) is 3. The first-order valence-corrected chi connectivity index (χ1v) is 8.66. The molecule has 3 saturated heterocycles. The van der Waals surface area contributed by atoms with Crippen LogP contribution in [0, 0.1) is 5.82 Å². The van der Waals surface area contributed by atoms with Crippen LogP contribution in [0.25, 0.3) is 0 Å². The first-order chi connectivity index (χ1) is 12.0. The minimum absolute atomic E-state index is 0.0149. The lowest BCUT2D eigenvalue weighted by Gasteiger charge is -2.49. The van der Waals surface area contributed by atoms with Crippen LogP contribution in [0.15, 0.2) is 18.3 Å². The monoisotopic (exact) mass is 348 g/mol. The third-order valence-corrected chi connectivity index (χ3v) is 5.19. The lowest BCUT2D eigenvalue weighted by atomic mass is 9.88. The summed E-state index contributed by atoms with van der Waals surface area (Å²) in [7, 11) is 0. The van der Waals surface area contributed by atoms with E-state index < -0.39 is 5.82 Å². The summed E-state index contributed by atoms with van der Waals surface area (Å²) >= 11 is 0. The third-order valence-electron chi connectivity index (χ3n) is 5.19. The quantitative estimate of drug-likeness (QED) is 0.870. The van der Waals surface area contributed by atoms with E-state index in [0.717, 1.165) is 25.5 Å². The number of ether oxygens (including phenoxy) is 1. The van der Waals surface area contributed by atoms with E-state index in [-0.39, 0.29) is 23.6 Å². The van der Waals surface area contributed by atoms with Crippen molar-refractivity contribution >= 4 is 11.9 Å². The molecule has 1 N–H and O–H groups in total. The Morgan fingerprint density at radius 1 is 1.28 bits per heavy atom. The number of halogens is 1. The first kappa shape index (κ1) is 16.1. The zero-order valence-corrected chi connectivity index (χ0v) is 13.9. The molecule has 3 amide bonds. The molecule has 8 heteroatoms. The van der Waals surface area contributed by atoms with Gasteiger partial charge < -0.3 is 19.9 Å². The van der Waals surface area contributed by atoms with E-state index in [1.54, 1.807) is 4.90 Å². The molecule has 4 rings (SSSR count). The van der Waals surface area contributed by atoms with Crippen LogP contribution in [0.4, 0.5) is 9.18 Å². The molecule has 1 aromatic heterocycles.